The number of hydrogen-bond acceptors (Lipinski definition) is 4. The lowest BCUT2D eigenvalue weighted by Gasteiger charge is -2.19. The molecule has 0 bridgehead atoms. The molecule has 1 aromatic carbocycles. The Hall–Kier alpha value is -1.20. The van der Waals surface area contributed by atoms with Crippen molar-refractivity contribution in [2.45, 2.75) is 18.9 Å². The van der Waals surface area contributed by atoms with Crippen LogP contribution in [0, 0.1) is 0 Å². The van der Waals surface area contributed by atoms with Crippen LogP contribution >= 0.6 is 15.9 Å². The smallest absolute Gasteiger partial charge is 0.231 e. The molecule has 96 valence electrons. The lowest BCUT2D eigenvalue weighted by molar-refractivity contribution is 0.168. The van der Waals surface area contributed by atoms with E-state index in [0.29, 0.717) is 11.5 Å². The summed E-state index contributed by atoms with van der Waals surface area (Å²) < 4.78 is 16.7. The Bertz CT molecular complexity index is 498. The molecule has 2 aliphatic heterocycles. The van der Waals surface area contributed by atoms with Crippen molar-refractivity contribution in [2.75, 3.05) is 13.4 Å². The Morgan fingerprint density at radius 3 is 2.94 bits per heavy atom. The van der Waals surface area contributed by atoms with E-state index < -0.39 is 6.10 Å². The van der Waals surface area contributed by atoms with Gasteiger partial charge in [-0.2, -0.15) is 0 Å². The fraction of sp³-hybridized carbons (Fsp3) is 0.385. The number of fused-ring (bicyclic) bond motifs is 1. The Labute approximate surface area is 113 Å². The van der Waals surface area contributed by atoms with Crippen LogP contribution in [0.4, 0.5) is 0 Å². The average molecular weight is 313 g/mol. The molecule has 2 aliphatic rings. The van der Waals surface area contributed by atoms with Gasteiger partial charge in [-0.25, -0.2) is 0 Å². The number of rotatable bonds is 2. The zero-order valence-electron chi connectivity index (χ0n) is 9.69. The van der Waals surface area contributed by atoms with Gasteiger partial charge in [0, 0.05) is 0 Å². The number of hydrogen-bond donors (Lipinski definition) is 1. The van der Waals surface area contributed by atoms with Crippen LogP contribution in [-0.4, -0.2) is 18.5 Å². The number of ether oxygens (including phenoxy) is 3. The van der Waals surface area contributed by atoms with Gasteiger partial charge in [0.1, 0.15) is 6.10 Å². The van der Waals surface area contributed by atoms with Gasteiger partial charge in [-0.1, -0.05) is 0 Å². The van der Waals surface area contributed by atoms with Crippen LogP contribution in [0.5, 0.6) is 11.5 Å². The van der Waals surface area contributed by atoms with Gasteiger partial charge in [0.05, 0.1) is 17.3 Å². The maximum absolute atomic E-state index is 10.3. The van der Waals surface area contributed by atoms with E-state index in [2.05, 4.69) is 15.9 Å². The number of halogens is 1. The van der Waals surface area contributed by atoms with Crippen molar-refractivity contribution in [3.8, 4) is 11.5 Å². The van der Waals surface area contributed by atoms with Crippen LogP contribution < -0.4 is 9.47 Å². The molecule has 2 heterocycles. The quantitative estimate of drug-likeness (QED) is 0.912. The van der Waals surface area contributed by atoms with E-state index in [1.165, 1.54) is 0 Å². The highest BCUT2D eigenvalue weighted by molar-refractivity contribution is 9.10. The topological polar surface area (TPSA) is 47.9 Å². The minimum atomic E-state index is -0.656. The number of benzene rings is 1. The second-order valence-corrected chi connectivity index (χ2v) is 5.16. The van der Waals surface area contributed by atoms with Crippen molar-refractivity contribution >= 4 is 15.9 Å². The summed E-state index contributed by atoms with van der Waals surface area (Å²) in [5, 5.41) is 10.3. The Kier molecular flexibility index (Phi) is 3.18. The molecule has 4 nitrogen and oxygen atoms in total. The molecule has 18 heavy (non-hydrogen) atoms. The van der Waals surface area contributed by atoms with Gasteiger partial charge in [0.25, 0.3) is 0 Å². The third-order valence-corrected chi connectivity index (χ3v) is 3.67. The molecule has 0 aromatic heterocycles. The first-order valence-corrected chi connectivity index (χ1v) is 6.62. The van der Waals surface area contributed by atoms with Crippen molar-refractivity contribution < 1.29 is 19.3 Å². The summed E-state index contributed by atoms with van der Waals surface area (Å²) in [5.74, 6) is 1.36. The molecule has 0 amide bonds. The van der Waals surface area contributed by atoms with Gasteiger partial charge in [-0.15, -0.1) is 0 Å². The highest BCUT2D eigenvalue weighted by Crippen LogP contribution is 2.42. The maximum Gasteiger partial charge on any atom is 0.231 e. The molecule has 1 aromatic rings. The summed E-state index contributed by atoms with van der Waals surface area (Å²) in [7, 11) is 0. The predicted octanol–water partition coefficient (Wildman–Crippen LogP) is 2.91. The molecule has 0 saturated carbocycles. The summed E-state index contributed by atoms with van der Waals surface area (Å²) in [6.07, 6.45) is 2.80. The van der Waals surface area contributed by atoms with Crippen LogP contribution in [0.1, 0.15) is 24.5 Å². The van der Waals surface area contributed by atoms with Gasteiger partial charge in [0.2, 0.25) is 6.79 Å². The molecule has 0 radical (unpaired) electrons. The van der Waals surface area contributed by atoms with E-state index in [9.17, 15) is 5.11 Å². The van der Waals surface area contributed by atoms with E-state index in [1.807, 2.05) is 12.1 Å². The minimum absolute atomic E-state index is 0.222. The lowest BCUT2D eigenvalue weighted by atomic mass is 9.98. The van der Waals surface area contributed by atoms with Crippen molar-refractivity contribution in [1.29, 1.82) is 0 Å². The van der Waals surface area contributed by atoms with E-state index in [0.717, 1.165) is 35.1 Å². The lowest BCUT2D eigenvalue weighted by Crippen LogP contribution is -2.07. The van der Waals surface area contributed by atoms with E-state index >= 15 is 0 Å². The van der Waals surface area contributed by atoms with Crippen LogP contribution in [0.3, 0.4) is 0 Å². The molecule has 5 heteroatoms. The minimum Gasteiger partial charge on any atom is -0.501 e. The first-order valence-electron chi connectivity index (χ1n) is 5.83. The van der Waals surface area contributed by atoms with Crippen molar-refractivity contribution in [3.63, 3.8) is 0 Å². The van der Waals surface area contributed by atoms with Crippen LogP contribution in [-0.2, 0) is 4.74 Å². The third kappa shape index (κ3) is 2.08. The largest absolute Gasteiger partial charge is 0.501 e. The first-order chi connectivity index (χ1) is 8.75. The normalized spacial score (nSPS) is 19.1. The van der Waals surface area contributed by atoms with Gasteiger partial charge in [-0.05, 0) is 52.0 Å². The Morgan fingerprint density at radius 1 is 1.28 bits per heavy atom. The molecule has 1 N–H and O–H groups in total. The second-order valence-electron chi connectivity index (χ2n) is 4.31. The Morgan fingerprint density at radius 2 is 2.17 bits per heavy atom. The zero-order valence-corrected chi connectivity index (χ0v) is 11.3. The zero-order chi connectivity index (χ0) is 12.5. The number of aliphatic hydroxyl groups excluding tert-OH is 1. The van der Waals surface area contributed by atoms with Gasteiger partial charge in [-0.3, -0.25) is 0 Å². The third-order valence-electron chi connectivity index (χ3n) is 3.08. The van der Waals surface area contributed by atoms with Crippen molar-refractivity contribution in [1.82, 2.24) is 0 Å². The molecular weight excluding hydrogens is 300 g/mol. The molecule has 0 aliphatic carbocycles. The first kappa shape index (κ1) is 11.9. The molecule has 1 atom stereocenters. The SMILES string of the molecule is OC(C1=COCCC1)c1cc(Br)c2c(c1)OCO2. The van der Waals surface area contributed by atoms with Crippen molar-refractivity contribution in [2.24, 2.45) is 0 Å². The van der Waals surface area contributed by atoms with E-state index in [-0.39, 0.29) is 6.79 Å². The summed E-state index contributed by atoms with van der Waals surface area (Å²) in [6.45, 7) is 0.945. The summed E-state index contributed by atoms with van der Waals surface area (Å²) in [4.78, 5) is 0. The van der Waals surface area contributed by atoms with Gasteiger partial charge >= 0.3 is 0 Å². The fourth-order valence-corrected chi connectivity index (χ4v) is 2.72. The molecule has 1 unspecified atom stereocenters. The summed E-state index contributed by atoms with van der Waals surface area (Å²) >= 11 is 3.42. The standard InChI is InChI=1S/C13H13BrO4/c14-10-4-9(5-11-13(10)18-7-17-11)12(15)8-2-1-3-16-6-8/h4-6,12,15H,1-3,7H2. The second kappa shape index (κ2) is 4.82. The van der Waals surface area contributed by atoms with Crippen molar-refractivity contribution in [3.05, 3.63) is 34.0 Å². The molecule has 0 saturated heterocycles. The molecule has 0 fully saturated rings. The van der Waals surface area contributed by atoms with Gasteiger partial charge < -0.3 is 19.3 Å². The fourth-order valence-electron chi connectivity index (χ4n) is 2.14. The monoisotopic (exact) mass is 312 g/mol. The number of aliphatic hydroxyl groups is 1. The molecular formula is C13H13BrO4. The molecule has 3 rings (SSSR count). The molecule has 0 spiro atoms. The highest BCUT2D eigenvalue weighted by atomic mass is 79.9. The average Bonchev–Trinajstić information content (AvgIpc) is 2.88. The maximum atomic E-state index is 10.3. The Balaban J connectivity index is 1.92. The summed E-state index contributed by atoms with van der Waals surface area (Å²) in [5.41, 5.74) is 1.68. The van der Waals surface area contributed by atoms with E-state index in [4.69, 9.17) is 14.2 Å². The van der Waals surface area contributed by atoms with Crippen LogP contribution in [0.15, 0.2) is 28.4 Å². The van der Waals surface area contributed by atoms with Crippen LogP contribution in [0.25, 0.3) is 0 Å². The van der Waals surface area contributed by atoms with Crippen LogP contribution in [0.2, 0.25) is 0 Å². The van der Waals surface area contributed by atoms with Gasteiger partial charge in [0.15, 0.2) is 11.5 Å². The predicted molar refractivity (Wildman–Crippen MR) is 68.5 cm³/mol. The summed E-state index contributed by atoms with van der Waals surface area (Å²) in [6, 6.07) is 3.67. The highest BCUT2D eigenvalue weighted by Gasteiger charge is 2.23. The van der Waals surface area contributed by atoms with E-state index in [1.54, 1.807) is 6.26 Å².